The predicted molar refractivity (Wildman–Crippen MR) is 135 cm³/mol. The lowest BCUT2D eigenvalue weighted by atomic mass is 9.76. The maximum absolute atomic E-state index is 6.08. The van der Waals surface area contributed by atoms with Gasteiger partial charge in [-0.25, -0.2) is 0 Å². The molecule has 0 spiro atoms. The van der Waals surface area contributed by atoms with Crippen LogP contribution in [0.25, 0.3) is 0 Å². The second-order valence-corrected chi connectivity index (χ2v) is 9.29. The molecule has 4 nitrogen and oxygen atoms in total. The van der Waals surface area contributed by atoms with Crippen LogP contribution in [0, 0.1) is 5.92 Å². The summed E-state index contributed by atoms with van der Waals surface area (Å²) in [6, 6.07) is 6.41. The average molecular weight is 451 g/mol. The minimum atomic E-state index is -0.251. The van der Waals surface area contributed by atoms with Crippen molar-refractivity contribution in [2.75, 3.05) is 26.4 Å². The molecule has 0 aliphatic carbocycles. The summed E-state index contributed by atoms with van der Waals surface area (Å²) in [5.74, 6) is 2.09. The molecule has 3 rings (SSSR count). The standard InChI is InChI=1S/C29H38O4/c1-7-10-21(4)27(32-19-25-17-30-25)14-12-23(9-3)29(5,6)24-13-15-28(22(16-24)11-8-2)33-20-26-18-31-26/h7-9,12-16,21,25-26H,1-3,10-11,17-20H2,4-6H3/b23-12+,27-14+. The van der Waals surface area contributed by atoms with Crippen molar-refractivity contribution in [1.82, 2.24) is 0 Å². The molecule has 3 unspecified atom stereocenters. The Labute approximate surface area is 199 Å². The van der Waals surface area contributed by atoms with Gasteiger partial charge in [-0.1, -0.05) is 63.8 Å². The minimum Gasteiger partial charge on any atom is -0.495 e. The van der Waals surface area contributed by atoms with Gasteiger partial charge in [-0.05, 0) is 41.7 Å². The van der Waals surface area contributed by atoms with Crippen molar-refractivity contribution in [2.24, 2.45) is 5.92 Å². The second-order valence-electron chi connectivity index (χ2n) is 9.29. The molecule has 4 heteroatoms. The first-order valence-corrected chi connectivity index (χ1v) is 11.8. The van der Waals surface area contributed by atoms with E-state index in [-0.39, 0.29) is 23.5 Å². The van der Waals surface area contributed by atoms with Gasteiger partial charge in [0.25, 0.3) is 0 Å². The molecular formula is C29H38O4. The predicted octanol–water partition coefficient (Wildman–Crippen LogP) is 6.09. The summed E-state index contributed by atoms with van der Waals surface area (Å²) < 4.78 is 22.7. The largest absolute Gasteiger partial charge is 0.495 e. The van der Waals surface area contributed by atoms with E-state index in [0.29, 0.717) is 13.2 Å². The molecule has 1 aromatic rings. The zero-order valence-corrected chi connectivity index (χ0v) is 20.3. The maximum atomic E-state index is 6.08. The normalized spacial score (nSPS) is 21.2. The molecule has 0 saturated carbocycles. The van der Waals surface area contributed by atoms with Gasteiger partial charge < -0.3 is 18.9 Å². The molecule has 0 radical (unpaired) electrons. The fourth-order valence-electron chi connectivity index (χ4n) is 3.72. The summed E-state index contributed by atoms with van der Waals surface area (Å²) in [7, 11) is 0. The Morgan fingerprint density at radius 1 is 1.09 bits per heavy atom. The second kappa shape index (κ2) is 11.5. The molecular weight excluding hydrogens is 412 g/mol. The Kier molecular flexibility index (Phi) is 8.76. The van der Waals surface area contributed by atoms with E-state index in [1.807, 2.05) is 18.2 Å². The zero-order valence-electron chi connectivity index (χ0n) is 20.3. The van der Waals surface area contributed by atoms with Gasteiger partial charge in [0.05, 0.1) is 19.0 Å². The smallest absolute Gasteiger partial charge is 0.122 e. The van der Waals surface area contributed by atoms with Gasteiger partial charge >= 0.3 is 0 Å². The molecule has 2 aliphatic rings. The van der Waals surface area contributed by atoms with Crippen LogP contribution in [0.1, 0.15) is 38.3 Å². The maximum Gasteiger partial charge on any atom is 0.122 e. The van der Waals surface area contributed by atoms with Crippen LogP contribution >= 0.6 is 0 Å². The van der Waals surface area contributed by atoms with Crippen LogP contribution in [0.2, 0.25) is 0 Å². The van der Waals surface area contributed by atoms with Crippen LogP contribution in [0.5, 0.6) is 5.75 Å². The third-order valence-corrected chi connectivity index (χ3v) is 6.19. The quantitative estimate of drug-likeness (QED) is 0.140. The van der Waals surface area contributed by atoms with Crippen molar-refractivity contribution in [3.63, 3.8) is 0 Å². The van der Waals surface area contributed by atoms with Crippen molar-refractivity contribution >= 4 is 0 Å². The molecule has 2 fully saturated rings. The van der Waals surface area contributed by atoms with E-state index in [2.05, 4.69) is 70.9 Å². The average Bonchev–Trinajstić information content (AvgIpc) is 3.70. The van der Waals surface area contributed by atoms with E-state index in [4.69, 9.17) is 18.9 Å². The number of hydrogen-bond donors (Lipinski definition) is 0. The summed E-state index contributed by atoms with van der Waals surface area (Å²) in [6.07, 6.45) is 12.0. The van der Waals surface area contributed by atoms with Gasteiger partial charge in [0.2, 0.25) is 0 Å². The molecule has 1 aromatic carbocycles. The van der Waals surface area contributed by atoms with Gasteiger partial charge in [0.1, 0.15) is 31.2 Å². The third kappa shape index (κ3) is 7.21. The van der Waals surface area contributed by atoms with E-state index >= 15 is 0 Å². The lowest BCUT2D eigenvalue weighted by molar-refractivity contribution is 0.158. The fraction of sp³-hybridized carbons (Fsp3) is 0.448. The first kappa shape index (κ1) is 25.1. The highest BCUT2D eigenvalue weighted by Gasteiger charge is 2.27. The van der Waals surface area contributed by atoms with Gasteiger partial charge in [-0.15, -0.1) is 13.2 Å². The minimum absolute atomic E-state index is 0.221. The highest BCUT2D eigenvalue weighted by molar-refractivity contribution is 5.47. The summed E-state index contributed by atoms with van der Waals surface area (Å²) in [6.45, 7) is 21.2. The van der Waals surface area contributed by atoms with Crippen molar-refractivity contribution in [1.29, 1.82) is 0 Å². The number of allylic oxidation sites excluding steroid dienone is 7. The summed E-state index contributed by atoms with van der Waals surface area (Å²) in [5.41, 5.74) is 3.19. The van der Waals surface area contributed by atoms with E-state index in [0.717, 1.165) is 48.7 Å². The van der Waals surface area contributed by atoms with Gasteiger partial charge in [-0.2, -0.15) is 0 Å². The molecule has 2 saturated heterocycles. The van der Waals surface area contributed by atoms with Crippen molar-refractivity contribution in [2.45, 2.75) is 51.2 Å². The van der Waals surface area contributed by atoms with Crippen LogP contribution in [0.4, 0.5) is 0 Å². The van der Waals surface area contributed by atoms with E-state index in [1.54, 1.807) is 0 Å². The lowest BCUT2D eigenvalue weighted by Crippen LogP contribution is -2.20. The number of hydrogen-bond acceptors (Lipinski definition) is 4. The van der Waals surface area contributed by atoms with E-state index in [9.17, 15) is 0 Å². The van der Waals surface area contributed by atoms with Crippen LogP contribution in [0.3, 0.4) is 0 Å². The first-order valence-electron chi connectivity index (χ1n) is 11.8. The third-order valence-electron chi connectivity index (χ3n) is 6.19. The molecule has 178 valence electrons. The summed E-state index contributed by atoms with van der Waals surface area (Å²) in [5, 5.41) is 0. The number of epoxide rings is 2. The van der Waals surface area contributed by atoms with Crippen molar-refractivity contribution in [3.8, 4) is 5.75 Å². The SMILES string of the molecule is C=CCc1cc(C(C)(C)/C(C=C)=C/C=C(/OCC2CO2)C(C)CC=C)ccc1OCC1CO1. The van der Waals surface area contributed by atoms with E-state index < -0.39 is 0 Å². The number of ether oxygens (including phenoxy) is 4. The summed E-state index contributed by atoms with van der Waals surface area (Å²) >= 11 is 0. The van der Waals surface area contributed by atoms with Gasteiger partial charge in [0.15, 0.2) is 0 Å². The molecule has 2 aliphatic heterocycles. The van der Waals surface area contributed by atoms with Crippen LogP contribution in [-0.2, 0) is 26.0 Å². The molecule has 0 N–H and O–H groups in total. The summed E-state index contributed by atoms with van der Waals surface area (Å²) in [4.78, 5) is 0. The highest BCUT2D eigenvalue weighted by atomic mass is 16.6. The van der Waals surface area contributed by atoms with Crippen molar-refractivity contribution < 1.29 is 18.9 Å². The van der Waals surface area contributed by atoms with E-state index in [1.165, 1.54) is 5.56 Å². The Morgan fingerprint density at radius 3 is 2.39 bits per heavy atom. The highest BCUT2D eigenvalue weighted by Crippen LogP contribution is 2.35. The van der Waals surface area contributed by atoms with Crippen LogP contribution in [-0.4, -0.2) is 38.6 Å². The van der Waals surface area contributed by atoms with Crippen LogP contribution < -0.4 is 4.74 Å². The topological polar surface area (TPSA) is 43.5 Å². The molecule has 0 amide bonds. The van der Waals surface area contributed by atoms with Crippen molar-refractivity contribution in [3.05, 3.63) is 90.8 Å². The van der Waals surface area contributed by atoms with Crippen LogP contribution in [0.15, 0.2) is 79.6 Å². The monoisotopic (exact) mass is 450 g/mol. The Balaban J connectivity index is 1.84. The molecule has 3 atom stereocenters. The molecule has 0 bridgehead atoms. The van der Waals surface area contributed by atoms with Gasteiger partial charge in [-0.3, -0.25) is 0 Å². The first-order chi connectivity index (χ1) is 15.9. The Bertz CT molecular complexity index is 900. The molecule has 2 heterocycles. The number of benzene rings is 1. The fourth-order valence-corrected chi connectivity index (χ4v) is 3.72. The molecule has 33 heavy (non-hydrogen) atoms. The lowest BCUT2D eigenvalue weighted by Gasteiger charge is -2.28. The number of rotatable bonds is 15. The Morgan fingerprint density at radius 2 is 1.79 bits per heavy atom. The van der Waals surface area contributed by atoms with Gasteiger partial charge in [0, 0.05) is 11.3 Å². The Hall–Kier alpha value is -2.56. The molecule has 0 aromatic heterocycles. The zero-order chi connectivity index (χ0) is 23.8.